The molecule has 0 unspecified atom stereocenters. The maximum absolute atomic E-state index is 12.3. The van der Waals surface area contributed by atoms with Gasteiger partial charge < -0.3 is 9.73 Å². The molecule has 1 N–H and O–H groups in total. The molecule has 1 amide bonds. The van der Waals surface area contributed by atoms with Gasteiger partial charge in [0, 0.05) is 32.3 Å². The smallest absolute Gasteiger partial charge is 0.266 e. The predicted octanol–water partition coefficient (Wildman–Crippen LogP) is 1.18. The van der Waals surface area contributed by atoms with Crippen LogP contribution in [0.3, 0.4) is 0 Å². The van der Waals surface area contributed by atoms with Crippen molar-refractivity contribution in [2.45, 2.75) is 11.4 Å². The van der Waals surface area contributed by atoms with Gasteiger partial charge in [-0.15, -0.1) is 0 Å². The minimum Gasteiger partial charge on any atom is -0.463 e. The molecule has 29 heavy (non-hydrogen) atoms. The molecule has 3 rings (SSSR count). The van der Waals surface area contributed by atoms with E-state index in [1.807, 2.05) is 0 Å². The van der Waals surface area contributed by atoms with Gasteiger partial charge in [-0.25, -0.2) is 17.4 Å². The molecule has 1 aromatic carbocycles. The van der Waals surface area contributed by atoms with Gasteiger partial charge >= 0.3 is 0 Å². The molecular formula is C19H20N4O5S. The molecule has 0 fully saturated rings. The molecule has 0 bridgehead atoms. The second-order valence-corrected chi connectivity index (χ2v) is 8.48. The molecule has 9 nitrogen and oxygen atoms in total. The Balaban J connectivity index is 1.63. The van der Waals surface area contributed by atoms with Gasteiger partial charge in [0.25, 0.3) is 11.5 Å². The highest BCUT2D eigenvalue weighted by molar-refractivity contribution is 7.89. The van der Waals surface area contributed by atoms with Crippen molar-refractivity contribution in [2.24, 2.45) is 0 Å². The van der Waals surface area contributed by atoms with Crippen molar-refractivity contribution in [2.75, 3.05) is 20.6 Å². The van der Waals surface area contributed by atoms with Crippen LogP contribution in [0.2, 0.25) is 0 Å². The summed E-state index contributed by atoms with van der Waals surface area (Å²) in [5.74, 6) is 0.157. The number of benzene rings is 1. The van der Waals surface area contributed by atoms with E-state index in [4.69, 9.17) is 4.42 Å². The Labute approximate surface area is 167 Å². The molecule has 0 aliphatic heterocycles. The molecule has 2 heterocycles. The first-order valence-electron chi connectivity index (χ1n) is 8.72. The van der Waals surface area contributed by atoms with Gasteiger partial charge in [-0.2, -0.15) is 5.10 Å². The molecule has 0 radical (unpaired) electrons. The first-order valence-corrected chi connectivity index (χ1v) is 10.2. The minimum absolute atomic E-state index is 0.101. The molecule has 152 valence electrons. The van der Waals surface area contributed by atoms with Crippen LogP contribution < -0.4 is 10.9 Å². The van der Waals surface area contributed by atoms with Crippen molar-refractivity contribution in [3.63, 3.8) is 0 Å². The zero-order valence-corrected chi connectivity index (χ0v) is 16.7. The standard InChI is InChI=1S/C19H20N4O5S/c1-22(2)29(26,27)15-7-5-14(6-8-15)19(25)20-11-12-23-18(24)10-9-16(21-23)17-4-3-13-28-17/h3-10,13H,11-12H2,1-2H3,(H,20,25). The van der Waals surface area contributed by atoms with E-state index in [-0.39, 0.29) is 29.5 Å². The first kappa shape index (κ1) is 20.5. The predicted molar refractivity (Wildman–Crippen MR) is 106 cm³/mol. The quantitative estimate of drug-likeness (QED) is 0.619. The average Bonchev–Trinajstić information content (AvgIpc) is 3.24. The number of sulfonamides is 1. The van der Waals surface area contributed by atoms with Gasteiger partial charge in [0.2, 0.25) is 10.0 Å². The molecule has 0 saturated heterocycles. The highest BCUT2D eigenvalue weighted by Gasteiger charge is 2.17. The van der Waals surface area contributed by atoms with Crippen molar-refractivity contribution < 1.29 is 17.6 Å². The summed E-state index contributed by atoms with van der Waals surface area (Å²) in [5, 5.41) is 6.92. The van der Waals surface area contributed by atoms with Gasteiger partial charge in [-0.1, -0.05) is 0 Å². The largest absolute Gasteiger partial charge is 0.463 e. The summed E-state index contributed by atoms with van der Waals surface area (Å²) in [6.45, 7) is 0.345. The van der Waals surface area contributed by atoms with Crippen molar-refractivity contribution in [1.82, 2.24) is 19.4 Å². The normalized spacial score (nSPS) is 11.6. The summed E-state index contributed by atoms with van der Waals surface area (Å²) in [6, 6.07) is 12.0. The number of nitrogens with one attached hydrogen (secondary N) is 1. The third-order valence-corrected chi connectivity index (χ3v) is 5.97. The molecule has 3 aromatic rings. The van der Waals surface area contributed by atoms with Crippen LogP contribution in [-0.4, -0.2) is 49.1 Å². The van der Waals surface area contributed by atoms with Crippen molar-refractivity contribution in [3.8, 4) is 11.5 Å². The second kappa shape index (κ2) is 8.41. The van der Waals surface area contributed by atoms with Crippen molar-refractivity contribution >= 4 is 15.9 Å². The lowest BCUT2D eigenvalue weighted by Gasteiger charge is -2.12. The maximum Gasteiger partial charge on any atom is 0.266 e. The molecule has 0 aliphatic rings. The van der Waals surface area contributed by atoms with E-state index in [9.17, 15) is 18.0 Å². The summed E-state index contributed by atoms with van der Waals surface area (Å²) in [5.41, 5.74) is 0.527. The number of carbonyl (C=O) groups is 1. The number of aromatic nitrogens is 2. The van der Waals surface area contributed by atoms with Crippen LogP contribution in [0.5, 0.6) is 0 Å². The van der Waals surface area contributed by atoms with Gasteiger partial charge in [0.1, 0.15) is 5.69 Å². The summed E-state index contributed by atoms with van der Waals surface area (Å²) >= 11 is 0. The van der Waals surface area contributed by atoms with Crippen molar-refractivity contribution in [1.29, 1.82) is 0 Å². The van der Waals surface area contributed by atoms with E-state index in [0.29, 0.717) is 17.0 Å². The van der Waals surface area contributed by atoms with E-state index in [1.54, 1.807) is 18.2 Å². The van der Waals surface area contributed by atoms with E-state index in [2.05, 4.69) is 10.4 Å². The number of carbonyl (C=O) groups excluding carboxylic acids is 1. The van der Waals surface area contributed by atoms with Crippen LogP contribution >= 0.6 is 0 Å². The zero-order chi connectivity index (χ0) is 21.0. The highest BCUT2D eigenvalue weighted by atomic mass is 32.2. The van der Waals surface area contributed by atoms with Crippen LogP contribution in [-0.2, 0) is 16.6 Å². The third-order valence-electron chi connectivity index (χ3n) is 4.14. The van der Waals surface area contributed by atoms with Crippen LogP contribution in [0.25, 0.3) is 11.5 Å². The number of hydrogen-bond donors (Lipinski definition) is 1. The van der Waals surface area contributed by atoms with E-state index >= 15 is 0 Å². The Morgan fingerprint density at radius 2 is 1.86 bits per heavy atom. The summed E-state index contributed by atoms with van der Waals surface area (Å²) < 4.78 is 31.7. The molecular weight excluding hydrogens is 396 g/mol. The third kappa shape index (κ3) is 4.61. The lowest BCUT2D eigenvalue weighted by atomic mass is 10.2. The summed E-state index contributed by atoms with van der Waals surface area (Å²) in [7, 11) is -0.678. The van der Waals surface area contributed by atoms with Gasteiger partial charge in [0.15, 0.2) is 5.76 Å². The van der Waals surface area contributed by atoms with Crippen molar-refractivity contribution in [3.05, 3.63) is 70.7 Å². The number of nitrogens with zero attached hydrogens (tertiary/aromatic N) is 3. The Hall–Kier alpha value is -3.24. The lowest BCUT2D eigenvalue weighted by molar-refractivity contribution is 0.0951. The van der Waals surface area contributed by atoms with Crippen LogP contribution in [0.15, 0.2) is 68.9 Å². The molecule has 0 spiro atoms. The average molecular weight is 416 g/mol. The van der Waals surface area contributed by atoms with Crippen LogP contribution in [0.4, 0.5) is 0 Å². The molecule has 2 aromatic heterocycles. The highest BCUT2D eigenvalue weighted by Crippen LogP contribution is 2.15. The van der Waals surface area contributed by atoms with E-state index in [1.165, 1.54) is 55.4 Å². The van der Waals surface area contributed by atoms with Gasteiger partial charge in [0.05, 0.1) is 17.7 Å². The molecule has 10 heteroatoms. The van der Waals surface area contributed by atoms with E-state index < -0.39 is 10.0 Å². The topological polar surface area (TPSA) is 115 Å². The SMILES string of the molecule is CN(C)S(=O)(=O)c1ccc(C(=O)NCCn2nc(-c3ccco3)ccc2=O)cc1. The monoisotopic (exact) mass is 416 g/mol. The van der Waals surface area contributed by atoms with Crippen LogP contribution in [0.1, 0.15) is 10.4 Å². The maximum atomic E-state index is 12.3. The van der Waals surface area contributed by atoms with Gasteiger partial charge in [-0.3, -0.25) is 9.59 Å². The first-order chi connectivity index (χ1) is 13.8. The number of furan rings is 1. The van der Waals surface area contributed by atoms with Crippen LogP contribution in [0, 0.1) is 0 Å². The van der Waals surface area contributed by atoms with E-state index in [0.717, 1.165) is 4.31 Å². The summed E-state index contributed by atoms with van der Waals surface area (Å²) in [4.78, 5) is 24.3. The fraction of sp³-hybridized carbons (Fsp3) is 0.211. The number of amides is 1. The molecule has 0 saturated carbocycles. The number of hydrogen-bond acceptors (Lipinski definition) is 6. The Morgan fingerprint density at radius 3 is 2.48 bits per heavy atom. The fourth-order valence-corrected chi connectivity index (χ4v) is 3.43. The number of rotatable bonds is 7. The Morgan fingerprint density at radius 1 is 1.14 bits per heavy atom. The Kier molecular flexibility index (Phi) is 5.95. The Bertz CT molecular complexity index is 1150. The minimum atomic E-state index is -3.55. The second-order valence-electron chi connectivity index (χ2n) is 6.32. The molecule has 0 aliphatic carbocycles. The fourth-order valence-electron chi connectivity index (χ4n) is 2.53. The summed E-state index contributed by atoms with van der Waals surface area (Å²) in [6.07, 6.45) is 1.52. The van der Waals surface area contributed by atoms with Gasteiger partial charge in [-0.05, 0) is 42.5 Å². The lowest BCUT2D eigenvalue weighted by Crippen LogP contribution is -2.32. The zero-order valence-electron chi connectivity index (χ0n) is 15.9. The molecule has 0 atom stereocenters.